The van der Waals surface area contributed by atoms with Crippen LogP contribution in [0.25, 0.3) is 17.0 Å². The van der Waals surface area contributed by atoms with E-state index in [9.17, 15) is 23.1 Å². The highest BCUT2D eigenvalue weighted by atomic mass is 32.2. The highest BCUT2D eigenvalue weighted by Crippen LogP contribution is 2.29. The van der Waals surface area contributed by atoms with Crippen LogP contribution in [0.5, 0.6) is 0 Å². The zero-order valence-corrected chi connectivity index (χ0v) is 24.6. The van der Waals surface area contributed by atoms with Crippen LogP contribution in [-0.4, -0.2) is 47.0 Å². The fraction of sp³-hybridized carbons (Fsp3) is 0.310. The number of rotatable bonds is 10. The average molecular weight is 580 g/mol. The number of oxazole rings is 1. The minimum atomic E-state index is -4.21. The predicted molar refractivity (Wildman–Crippen MR) is 157 cm³/mol. The molecular formula is C29H33N5O6S. The van der Waals surface area contributed by atoms with Gasteiger partial charge < -0.3 is 19.8 Å². The maximum absolute atomic E-state index is 13.4. The molecule has 0 saturated heterocycles. The van der Waals surface area contributed by atoms with Crippen LogP contribution in [-0.2, 0) is 21.2 Å². The third-order valence-electron chi connectivity index (χ3n) is 7.27. The number of hydrogen-bond acceptors (Lipinski definition) is 8. The summed E-state index contributed by atoms with van der Waals surface area (Å²) in [5.41, 5.74) is 5.20. The van der Waals surface area contributed by atoms with Gasteiger partial charge in [0.25, 0.3) is 11.6 Å². The number of carbonyl (C=O) groups is 1. The molecule has 4 N–H and O–H groups in total. The standard InChI is InChI=1S/C29H33N5O6S/c1-15-14-40-29(31-15)30-11-7-8-21-9-10-23-22(12-21)27(35)33-25(32-23)13-24(28(36)37)34-41(38,39)26-19(5)17(3)16(2)18(4)20(26)6/h7-10,12,14,24,34H,11,13H2,1-6H3,(H,30,31)(H,36,37)(H,32,33,35)/t24-/m0/s1. The van der Waals surface area contributed by atoms with E-state index in [1.807, 2.05) is 39.8 Å². The topological polar surface area (TPSA) is 167 Å². The number of H-pyrrole nitrogens is 1. The second-order valence-electron chi connectivity index (χ2n) is 10.0. The average Bonchev–Trinajstić information content (AvgIpc) is 3.33. The number of nitrogens with one attached hydrogen (secondary N) is 3. The molecular weight excluding hydrogens is 546 g/mol. The Balaban J connectivity index is 1.55. The normalized spacial score (nSPS) is 12.7. The third kappa shape index (κ3) is 6.39. The molecule has 216 valence electrons. The summed E-state index contributed by atoms with van der Waals surface area (Å²) in [6.45, 7) is 11.3. The number of carboxylic acids is 1. The fourth-order valence-electron chi connectivity index (χ4n) is 4.67. The molecule has 0 amide bonds. The number of hydrogen-bond donors (Lipinski definition) is 4. The summed E-state index contributed by atoms with van der Waals surface area (Å²) < 4.78 is 34.4. The molecule has 0 spiro atoms. The lowest BCUT2D eigenvalue weighted by Crippen LogP contribution is -2.43. The molecule has 0 fully saturated rings. The van der Waals surface area contributed by atoms with E-state index >= 15 is 0 Å². The van der Waals surface area contributed by atoms with Crippen LogP contribution >= 0.6 is 0 Å². The molecule has 0 bridgehead atoms. The van der Waals surface area contributed by atoms with Crippen LogP contribution in [0.3, 0.4) is 0 Å². The number of aryl methyl sites for hydroxylation is 1. The second-order valence-corrected chi connectivity index (χ2v) is 11.7. The van der Waals surface area contributed by atoms with Crippen molar-refractivity contribution in [3.63, 3.8) is 0 Å². The van der Waals surface area contributed by atoms with Gasteiger partial charge in [-0.25, -0.2) is 13.4 Å². The molecule has 41 heavy (non-hydrogen) atoms. The van der Waals surface area contributed by atoms with E-state index < -0.39 is 27.6 Å². The summed E-state index contributed by atoms with van der Waals surface area (Å²) in [5, 5.41) is 13.2. The second kappa shape index (κ2) is 11.7. The van der Waals surface area contributed by atoms with E-state index in [4.69, 9.17) is 4.42 Å². The number of sulfonamides is 1. The Labute approximate surface area is 237 Å². The van der Waals surface area contributed by atoms with Crippen molar-refractivity contribution in [3.05, 3.63) is 85.8 Å². The molecule has 2 aromatic carbocycles. The molecule has 11 nitrogen and oxygen atoms in total. The van der Waals surface area contributed by atoms with Crippen LogP contribution in [0.2, 0.25) is 0 Å². The zero-order chi connectivity index (χ0) is 30.1. The molecule has 0 unspecified atom stereocenters. The maximum Gasteiger partial charge on any atom is 0.322 e. The smallest absolute Gasteiger partial charge is 0.322 e. The molecule has 12 heteroatoms. The van der Waals surface area contributed by atoms with Crippen LogP contribution in [0, 0.1) is 41.5 Å². The van der Waals surface area contributed by atoms with E-state index in [1.54, 1.807) is 38.3 Å². The SMILES string of the molecule is Cc1coc(NCC=Cc2ccc3nc(C[C@H](NS(=O)(=O)c4c(C)c(C)c(C)c(C)c4C)C(=O)O)[nH]c(=O)c3c2)n1. The number of aromatic amines is 1. The van der Waals surface area contributed by atoms with E-state index in [0.717, 1.165) is 27.9 Å². The highest BCUT2D eigenvalue weighted by Gasteiger charge is 2.30. The van der Waals surface area contributed by atoms with E-state index in [0.29, 0.717) is 34.6 Å². The van der Waals surface area contributed by atoms with Gasteiger partial charge in [0.1, 0.15) is 18.1 Å². The number of aromatic nitrogens is 3. The summed E-state index contributed by atoms with van der Waals surface area (Å²) in [5.74, 6) is -1.34. The van der Waals surface area contributed by atoms with Gasteiger partial charge in [0.05, 0.1) is 21.5 Å². The number of benzene rings is 2. The van der Waals surface area contributed by atoms with E-state index in [-0.39, 0.29) is 17.1 Å². The van der Waals surface area contributed by atoms with Crippen molar-refractivity contribution < 1.29 is 22.7 Å². The molecule has 0 aliphatic heterocycles. The minimum absolute atomic E-state index is 0.0519. The number of anilines is 1. The van der Waals surface area contributed by atoms with Crippen LogP contribution in [0.4, 0.5) is 6.01 Å². The van der Waals surface area contributed by atoms with Crippen molar-refractivity contribution in [2.45, 2.75) is 58.9 Å². The van der Waals surface area contributed by atoms with Crippen molar-refractivity contribution in [3.8, 4) is 0 Å². The fourth-order valence-corrected chi connectivity index (χ4v) is 6.46. The zero-order valence-electron chi connectivity index (χ0n) is 23.7. The number of aliphatic carboxylic acids is 1. The largest absolute Gasteiger partial charge is 0.480 e. The van der Waals surface area contributed by atoms with Gasteiger partial charge >= 0.3 is 5.97 Å². The highest BCUT2D eigenvalue weighted by molar-refractivity contribution is 7.89. The minimum Gasteiger partial charge on any atom is -0.480 e. The molecule has 4 rings (SSSR count). The molecule has 0 aliphatic rings. The van der Waals surface area contributed by atoms with Crippen molar-refractivity contribution in [2.24, 2.45) is 0 Å². The Morgan fingerprint density at radius 3 is 2.32 bits per heavy atom. The Kier molecular flexibility index (Phi) is 8.45. The Morgan fingerprint density at radius 2 is 1.71 bits per heavy atom. The van der Waals surface area contributed by atoms with Crippen molar-refractivity contribution >= 4 is 39.0 Å². The molecule has 2 aromatic heterocycles. The number of fused-ring (bicyclic) bond motifs is 1. The van der Waals surface area contributed by atoms with E-state index in [2.05, 4.69) is 25.0 Å². The molecule has 4 aromatic rings. The first-order valence-corrected chi connectivity index (χ1v) is 14.4. The molecule has 2 heterocycles. The molecule has 0 aliphatic carbocycles. The summed E-state index contributed by atoms with van der Waals surface area (Å²) in [6.07, 6.45) is 4.86. The summed E-state index contributed by atoms with van der Waals surface area (Å²) in [6, 6.07) is 3.96. The molecule has 1 atom stereocenters. The van der Waals surface area contributed by atoms with Crippen molar-refractivity contribution in [1.29, 1.82) is 0 Å². The lowest BCUT2D eigenvalue weighted by atomic mass is 9.95. The summed E-state index contributed by atoms with van der Waals surface area (Å²) in [4.78, 5) is 36.2. The molecule has 0 radical (unpaired) electrons. The van der Waals surface area contributed by atoms with Gasteiger partial charge in [-0.1, -0.05) is 18.2 Å². The van der Waals surface area contributed by atoms with Gasteiger partial charge in [-0.2, -0.15) is 9.71 Å². The van der Waals surface area contributed by atoms with Gasteiger partial charge in [-0.15, -0.1) is 0 Å². The molecule has 0 saturated carbocycles. The summed E-state index contributed by atoms with van der Waals surface area (Å²) in [7, 11) is -4.21. The van der Waals surface area contributed by atoms with E-state index in [1.165, 1.54) is 0 Å². The first-order chi connectivity index (χ1) is 19.3. The van der Waals surface area contributed by atoms with Gasteiger partial charge in [0, 0.05) is 13.0 Å². The number of nitrogens with zero attached hydrogens (tertiary/aromatic N) is 2. The van der Waals surface area contributed by atoms with Crippen LogP contribution in [0.15, 0.2) is 44.6 Å². The van der Waals surface area contributed by atoms with Crippen molar-refractivity contribution in [2.75, 3.05) is 11.9 Å². The van der Waals surface area contributed by atoms with Gasteiger partial charge in [0.15, 0.2) is 0 Å². The quantitative estimate of drug-likeness (QED) is 0.218. The maximum atomic E-state index is 13.4. The lowest BCUT2D eigenvalue weighted by molar-refractivity contribution is -0.139. The van der Waals surface area contributed by atoms with Gasteiger partial charge in [-0.3, -0.25) is 9.59 Å². The van der Waals surface area contributed by atoms with Gasteiger partial charge in [0.2, 0.25) is 10.0 Å². The number of carboxylic acid groups (broad SMARTS) is 1. The lowest BCUT2D eigenvalue weighted by Gasteiger charge is -2.21. The van der Waals surface area contributed by atoms with Gasteiger partial charge in [-0.05, 0) is 87.1 Å². The third-order valence-corrected chi connectivity index (χ3v) is 9.02. The summed E-state index contributed by atoms with van der Waals surface area (Å²) >= 11 is 0. The van der Waals surface area contributed by atoms with Crippen molar-refractivity contribution in [1.82, 2.24) is 19.7 Å². The first kappa shape index (κ1) is 29.7. The van der Waals surface area contributed by atoms with Crippen LogP contribution < -0.4 is 15.6 Å². The van der Waals surface area contributed by atoms with Crippen LogP contribution in [0.1, 0.15) is 44.9 Å². The predicted octanol–water partition coefficient (Wildman–Crippen LogP) is 3.86. The first-order valence-electron chi connectivity index (χ1n) is 13.0. The Hall–Kier alpha value is -4.29. The Bertz CT molecular complexity index is 1810. The Morgan fingerprint density at radius 1 is 1.05 bits per heavy atom. The monoisotopic (exact) mass is 579 g/mol.